The highest BCUT2D eigenvalue weighted by atomic mass is 19.4. The molecule has 4 rings (SSSR count). The zero-order valence-corrected chi connectivity index (χ0v) is 16.3. The number of hydrogen-bond acceptors (Lipinski definition) is 3. The molecule has 0 unspecified atom stereocenters. The van der Waals surface area contributed by atoms with Crippen LogP contribution < -0.4 is 5.32 Å². The molecule has 0 aromatic heterocycles. The minimum Gasteiger partial charge on any atom is -0.353 e. The Morgan fingerprint density at radius 3 is 2.28 bits per heavy atom. The molecule has 1 aromatic rings. The fourth-order valence-electron chi connectivity index (χ4n) is 4.25. The summed E-state index contributed by atoms with van der Waals surface area (Å²) in [5, 5.41) is 2.93. The number of nitrogens with one attached hydrogen (secondary N) is 1. The molecule has 2 saturated carbocycles. The van der Waals surface area contributed by atoms with E-state index in [2.05, 4.69) is 12.2 Å². The molecule has 1 aromatic carbocycles. The van der Waals surface area contributed by atoms with Crippen molar-refractivity contribution in [2.24, 2.45) is 5.92 Å². The first-order valence-electron chi connectivity index (χ1n) is 10.1. The zero-order chi connectivity index (χ0) is 20.8. The maximum absolute atomic E-state index is 13.4. The van der Waals surface area contributed by atoms with Gasteiger partial charge in [-0.2, -0.15) is 13.2 Å². The van der Waals surface area contributed by atoms with Gasteiger partial charge in [-0.25, -0.2) is 0 Å². The SMILES string of the molecule is CC1CCC2(CC1)OC[C@H](C(=O)NC1CC1)N2C(=O)c1ccc(C(F)(F)F)cc1. The largest absolute Gasteiger partial charge is 0.416 e. The number of hydrogen-bond donors (Lipinski definition) is 1. The molecule has 1 saturated heterocycles. The van der Waals surface area contributed by atoms with Crippen molar-refractivity contribution in [3.05, 3.63) is 35.4 Å². The first-order valence-corrected chi connectivity index (χ1v) is 10.1. The van der Waals surface area contributed by atoms with Crippen molar-refractivity contribution < 1.29 is 27.5 Å². The quantitative estimate of drug-likeness (QED) is 0.826. The van der Waals surface area contributed by atoms with Gasteiger partial charge in [-0.3, -0.25) is 14.5 Å². The van der Waals surface area contributed by atoms with E-state index in [1.807, 2.05) is 0 Å². The molecule has 1 aliphatic heterocycles. The molecule has 5 nitrogen and oxygen atoms in total. The molecular weight excluding hydrogens is 385 g/mol. The summed E-state index contributed by atoms with van der Waals surface area (Å²) < 4.78 is 44.7. The lowest BCUT2D eigenvalue weighted by Crippen LogP contribution is -2.57. The maximum Gasteiger partial charge on any atom is 0.416 e. The van der Waals surface area contributed by atoms with Crippen molar-refractivity contribution >= 4 is 11.8 Å². The standard InChI is InChI=1S/C21H25F3N2O3/c1-13-8-10-20(11-9-13)26(17(12-29-20)18(27)25-16-6-7-16)19(28)14-2-4-15(5-3-14)21(22,23)24/h2-5,13,16-17H,6-12H2,1H3,(H,25,27)/t13?,17-,20?/m1/s1. The van der Waals surface area contributed by atoms with E-state index in [-0.39, 0.29) is 24.1 Å². The van der Waals surface area contributed by atoms with Crippen LogP contribution in [-0.4, -0.2) is 41.1 Å². The molecule has 3 fully saturated rings. The number of rotatable bonds is 3. The third kappa shape index (κ3) is 3.99. The van der Waals surface area contributed by atoms with Crippen molar-refractivity contribution in [1.29, 1.82) is 0 Å². The Bertz CT molecular complexity index is 781. The fourth-order valence-corrected chi connectivity index (χ4v) is 4.25. The molecule has 1 atom stereocenters. The third-order valence-electron chi connectivity index (χ3n) is 6.22. The molecule has 0 bridgehead atoms. The van der Waals surface area contributed by atoms with Crippen LogP contribution in [0.3, 0.4) is 0 Å². The Hall–Kier alpha value is -2.09. The first kappa shape index (κ1) is 20.2. The van der Waals surface area contributed by atoms with E-state index >= 15 is 0 Å². The van der Waals surface area contributed by atoms with Crippen LogP contribution in [0.2, 0.25) is 0 Å². The van der Waals surface area contributed by atoms with E-state index in [1.165, 1.54) is 17.0 Å². The van der Waals surface area contributed by atoms with Crippen LogP contribution in [0.15, 0.2) is 24.3 Å². The van der Waals surface area contributed by atoms with Crippen molar-refractivity contribution in [3.63, 3.8) is 0 Å². The normalized spacial score (nSPS) is 29.9. The zero-order valence-electron chi connectivity index (χ0n) is 16.3. The highest BCUT2D eigenvalue weighted by Gasteiger charge is 2.54. The Labute approximate surface area is 167 Å². The van der Waals surface area contributed by atoms with Gasteiger partial charge in [-0.05, 0) is 68.7 Å². The molecule has 0 radical (unpaired) electrons. The van der Waals surface area contributed by atoms with Gasteiger partial charge in [0.2, 0.25) is 5.91 Å². The number of carbonyl (C=O) groups is 2. The molecular formula is C21H25F3N2O3. The summed E-state index contributed by atoms with van der Waals surface area (Å²) in [5.41, 5.74) is -1.54. The average Bonchev–Trinajstić information content (AvgIpc) is 3.42. The lowest BCUT2D eigenvalue weighted by atomic mass is 9.83. The monoisotopic (exact) mass is 410 g/mol. The summed E-state index contributed by atoms with van der Waals surface area (Å²) in [5.74, 6) is -0.198. The van der Waals surface area contributed by atoms with E-state index < -0.39 is 29.4 Å². The highest BCUT2D eigenvalue weighted by Crippen LogP contribution is 2.43. The number of amides is 2. The van der Waals surface area contributed by atoms with Crippen LogP contribution in [0.25, 0.3) is 0 Å². The molecule has 3 aliphatic rings. The van der Waals surface area contributed by atoms with Gasteiger partial charge in [-0.1, -0.05) is 6.92 Å². The topological polar surface area (TPSA) is 58.6 Å². The Morgan fingerprint density at radius 2 is 1.72 bits per heavy atom. The lowest BCUT2D eigenvalue weighted by molar-refractivity contribution is -0.137. The van der Waals surface area contributed by atoms with Crippen LogP contribution in [0.4, 0.5) is 13.2 Å². The Morgan fingerprint density at radius 1 is 1.10 bits per heavy atom. The van der Waals surface area contributed by atoms with Crippen molar-refractivity contribution in [3.8, 4) is 0 Å². The van der Waals surface area contributed by atoms with Crippen LogP contribution in [0.5, 0.6) is 0 Å². The minimum absolute atomic E-state index is 0.110. The number of nitrogens with zero attached hydrogens (tertiary/aromatic N) is 1. The third-order valence-corrected chi connectivity index (χ3v) is 6.22. The number of halogens is 3. The summed E-state index contributed by atoms with van der Waals surface area (Å²) in [7, 11) is 0. The molecule has 2 aliphatic carbocycles. The summed E-state index contributed by atoms with van der Waals surface area (Å²) >= 11 is 0. The minimum atomic E-state index is -4.47. The predicted molar refractivity (Wildman–Crippen MR) is 98.9 cm³/mol. The molecule has 29 heavy (non-hydrogen) atoms. The van der Waals surface area contributed by atoms with Gasteiger partial charge in [0, 0.05) is 11.6 Å². The second kappa shape index (κ2) is 7.31. The van der Waals surface area contributed by atoms with Crippen LogP contribution in [0, 0.1) is 5.92 Å². The lowest BCUT2D eigenvalue weighted by Gasteiger charge is -2.43. The average molecular weight is 410 g/mol. The van der Waals surface area contributed by atoms with Crippen LogP contribution in [0.1, 0.15) is 61.4 Å². The number of alkyl halides is 3. The number of benzene rings is 1. The van der Waals surface area contributed by atoms with Crippen molar-refractivity contribution in [2.75, 3.05) is 6.61 Å². The second-order valence-corrected chi connectivity index (χ2v) is 8.49. The van der Waals surface area contributed by atoms with E-state index in [1.54, 1.807) is 0 Å². The summed E-state index contributed by atoms with van der Waals surface area (Å²) in [4.78, 5) is 27.6. The first-order chi connectivity index (χ1) is 13.7. The molecule has 1 heterocycles. The number of carbonyl (C=O) groups excluding carboxylic acids is 2. The molecule has 2 amide bonds. The Balaban J connectivity index is 1.62. The maximum atomic E-state index is 13.4. The van der Waals surface area contributed by atoms with Gasteiger partial charge in [0.1, 0.15) is 11.8 Å². The van der Waals surface area contributed by atoms with Gasteiger partial charge in [0.25, 0.3) is 5.91 Å². The van der Waals surface area contributed by atoms with Gasteiger partial charge in [0.15, 0.2) is 0 Å². The summed E-state index contributed by atoms with van der Waals surface area (Å²) in [6.07, 6.45) is 0.360. The van der Waals surface area contributed by atoms with E-state index in [0.29, 0.717) is 18.8 Å². The number of ether oxygens (including phenoxy) is 1. The second-order valence-electron chi connectivity index (χ2n) is 8.49. The molecule has 158 valence electrons. The summed E-state index contributed by atoms with van der Waals surface area (Å²) in [6.45, 7) is 2.25. The van der Waals surface area contributed by atoms with E-state index in [9.17, 15) is 22.8 Å². The van der Waals surface area contributed by atoms with Gasteiger partial charge in [0.05, 0.1) is 12.2 Å². The molecule has 1 spiro atoms. The summed E-state index contributed by atoms with van der Waals surface area (Å²) in [6, 6.07) is 3.54. The van der Waals surface area contributed by atoms with Crippen LogP contribution in [-0.2, 0) is 15.7 Å². The predicted octanol–water partition coefficient (Wildman–Crippen LogP) is 3.73. The molecule has 1 N–H and O–H groups in total. The van der Waals surface area contributed by atoms with E-state index in [4.69, 9.17) is 4.74 Å². The van der Waals surface area contributed by atoms with Crippen molar-refractivity contribution in [2.45, 2.75) is 69.4 Å². The highest BCUT2D eigenvalue weighted by molar-refractivity contribution is 5.98. The Kier molecular flexibility index (Phi) is 5.09. The van der Waals surface area contributed by atoms with Gasteiger partial charge < -0.3 is 10.1 Å². The van der Waals surface area contributed by atoms with Gasteiger partial charge in [-0.15, -0.1) is 0 Å². The van der Waals surface area contributed by atoms with E-state index in [0.717, 1.165) is 37.8 Å². The van der Waals surface area contributed by atoms with Crippen molar-refractivity contribution in [1.82, 2.24) is 10.2 Å². The molecule has 8 heteroatoms. The smallest absolute Gasteiger partial charge is 0.353 e. The van der Waals surface area contributed by atoms with Crippen LogP contribution >= 0.6 is 0 Å². The fraction of sp³-hybridized carbons (Fsp3) is 0.619. The van der Waals surface area contributed by atoms with Gasteiger partial charge >= 0.3 is 6.18 Å².